The molecule has 1 unspecified atom stereocenters. The molecule has 1 aliphatic rings. The monoisotopic (exact) mass is 261 g/mol. The molecule has 7 heteroatoms. The van der Waals surface area contributed by atoms with Gasteiger partial charge in [-0.1, -0.05) is 0 Å². The van der Waals surface area contributed by atoms with Crippen LogP contribution in [0.4, 0.5) is 4.39 Å². The van der Waals surface area contributed by atoms with Gasteiger partial charge in [0.1, 0.15) is 12.2 Å². The fourth-order valence-electron chi connectivity index (χ4n) is 1.63. The smallest absolute Gasteiger partial charge is 0.225 e. The van der Waals surface area contributed by atoms with E-state index in [4.69, 9.17) is 9.84 Å². The fraction of sp³-hybridized carbons (Fsp3) is 0.636. The minimum absolute atomic E-state index is 0.311. The molecule has 0 aromatic rings. The van der Waals surface area contributed by atoms with Gasteiger partial charge in [0.15, 0.2) is 18.2 Å². The minimum Gasteiger partial charge on any atom is -0.394 e. The lowest BCUT2D eigenvalue weighted by atomic mass is 10.1. The zero-order chi connectivity index (χ0) is 13.9. The lowest BCUT2D eigenvalue weighted by Crippen LogP contribution is -2.41. The topological polar surface area (TPSA) is 87.1 Å². The summed E-state index contributed by atoms with van der Waals surface area (Å²) in [6.07, 6.45) is -3.58. The summed E-state index contributed by atoms with van der Waals surface area (Å²) in [5.74, 6) is -0.847. The van der Waals surface area contributed by atoms with Crippen molar-refractivity contribution < 1.29 is 28.9 Å². The van der Waals surface area contributed by atoms with Crippen molar-refractivity contribution in [1.29, 1.82) is 0 Å². The molecule has 6 nitrogen and oxygen atoms in total. The van der Waals surface area contributed by atoms with Crippen molar-refractivity contribution in [3.63, 3.8) is 0 Å². The molecule has 0 aliphatic carbocycles. The first-order valence-corrected chi connectivity index (χ1v) is 5.44. The van der Waals surface area contributed by atoms with Gasteiger partial charge in [0.2, 0.25) is 5.91 Å². The van der Waals surface area contributed by atoms with E-state index in [0.29, 0.717) is 0 Å². The lowest BCUT2D eigenvalue weighted by Gasteiger charge is -2.25. The van der Waals surface area contributed by atoms with Gasteiger partial charge in [-0.15, -0.1) is 0 Å². The van der Waals surface area contributed by atoms with Crippen LogP contribution in [0, 0.1) is 0 Å². The number of aliphatic hydroxyl groups is 2. The van der Waals surface area contributed by atoms with Crippen LogP contribution in [-0.2, 0) is 14.3 Å². The number of hydrogen-bond acceptors (Lipinski definition) is 5. The second kappa shape index (κ2) is 6.03. The van der Waals surface area contributed by atoms with Crippen molar-refractivity contribution in [2.45, 2.75) is 38.5 Å². The first-order chi connectivity index (χ1) is 8.38. The van der Waals surface area contributed by atoms with Crippen LogP contribution in [0.2, 0.25) is 0 Å². The summed E-state index contributed by atoms with van der Waals surface area (Å²) in [7, 11) is 0. The molecule has 1 heterocycles. The predicted octanol–water partition coefficient (Wildman–Crippen LogP) is -0.646. The summed E-state index contributed by atoms with van der Waals surface area (Å²) < 4.78 is 18.8. The number of allylic oxidation sites excluding steroid dienone is 1. The first kappa shape index (κ1) is 14.7. The van der Waals surface area contributed by atoms with Crippen molar-refractivity contribution in [2.75, 3.05) is 6.61 Å². The molecule has 0 aromatic heterocycles. The Morgan fingerprint density at radius 2 is 2.06 bits per heavy atom. The summed E-state index contributed by atoms with van der Waals surface area (Å²) in [6.45, 7) is 1.90. The molecule has 0 bridgehead atoms. The van der Waals surface area contributed by atoms with Crippen molar-refractivity contribution in [3.8, 4) is 0 Å². The van der Waals surface area contributed by atoms with Crippen LogP contribution in [0.25, 0.3) is 0 Å². The third-order valence-electron chi connectivity index (χ3n) is 2.58. The summed E-state index contributed by atoms with van der Waals surface area (Å²) >= 11 is 0. The molecule has 0 saturated carbocycles. The van der Waals surface area contributed by atoms with Gasteiger partial charge in [-0.3, -0.25) is 14.5 Å². The lowest BCUT2D eigenvalue weighted by molar-refractivity contribution is -0.141. The predicted molar refractivity (Wildman–Crippen MR) is 59.0 cm³/mol. The van der Waals surface area contributed by atoms with E-state index in [0.717, 1.165) is 17.2 Å². The third-order valence-corrected chi connectivity index (χ3v) is 2.58. The molecule has 1 saturated heterocycles. The summed E-state index contributed by atoms with van der Waals surface area (Å²) in [5.41, 5.74) is 0. The Morgan fingerprint density at radius 3 is 2.44 bits per heavy atom. The molecule has 1 aliphatic heterocycles. The molecule has 4 atom stereocenters. The fourth-order valence-corrected chi connectivity index (χ4v) is 1.63. The van der Waals surface area contributed by atoms with Crippen LogP contribution in [0.5, 0.6) is 0 Å². The number of carbonyl (C=O) groups excluding carboxylic acids is 2. The maximum Gasteiger partial charge on any atom is 0.225 e. The Labute approximate surface area is 104 Å². The molecule has 0 radical (unpaired) electrons. The van der Waals surface area contributed by atoms with E-state index in [-0.39, 0.29) is 5.78 Å². The number of ether oxygens (including phenoxy) is 1. The Balaban J connectivity index is 2.87. The number of halogens is 1. The van der Waals surface area contributed by atoms with Crippen LogP contribution < -0.4 is 0 Å². The van der Waals surface area contributed by atoms with Gasteiger partial charge >= 0.3 is 0 Å². The van der Waals surface area contributed by atoms with Crippen molar-refractivity contribution >= 4 is 11.7 Å². The van der Waals surface area contributed by atoms with Gasteiger partial charge in [0.05, 0.1) is 6.61 Å². The van der Waals surface area contributed by atoms with Crippen LogP contribution in [0.15, 0.2) is 12.3 Å². The molecule has 1 amide bonds. The molecule has 0 spiro atoms. The largest absolute Gasteiger partial charge is 0.394 e. The van der Waals surface area contributed by atoms with Gasteiger partial charge in [0.25, 0.3) is 0 Å². The molecule has 1 rings (SSSR count). The van der Waals surface area contributed by atoms with Crippen LogP contribution >= 0.6 is 0 Å². The minimum atomic E-state index is -1.84. The van der Waals surface area contributed by atoms with Gasteiger partial charge in [-0.25, -0.2) is 4.39 Å². The van der Waals surface area contributed by atoms with Crippen molar-refractivity contribution in [1.82, 2.24) is 4.90 Å². The van der Waals surface area contributed by atoms with Gasteiger partial charge in [0, 0.05) is 13.1 Å². The van der Waals surface area contributed by atoms with E-state index in [1.165, 1.54) is 13.8 Å². The van der Waals surface area contributed by atoms with E-state index < -0.39 is 37.1 Å². The molecule has 1 fully saturated rings. The number of amides is 1. The van der Waals surface area contributed by atoms with E-state index in [1.54, 1.807) is 0 Å². The highest BCUT2D eigenvalue weighted by Gasteiger charge is 2.46. The van der Waals surface area contributed by atoms with Crippen molar-refractivity contribution in [3.05, 3.63) is 12.3 Å². The second-order valence-corrected chi connectivity index (χ2v) is 4.04. The number of aliphatic hydroxyl groups excluding tert-OH is 2. The molecular weight excluding hydrogens is 245 g/mol. The average Bonchev–Trinajstić information content (AvgIpc) is 2.56. The quantitative estimate of drug-likeness (QED) is 0.657. The molecule has 2 N–H and O–H groups in total. The normalized spacial score (nSPS) is 31.8. The van der Waals surface area contributed by atoms with Crippen LogP contribution in [0.3, 0.4) is 0 Å². The number of alkyl halides is 1. The summed E-state index contributed by atoms with van der Waals surface area (Å²) in [5, 5.41) is 18.3. The first-order valence-electron chi connectivity index (χ1n) is 5.44. The maximum atomic E-state index is 13.8. The number of hydrogen-bond donors (Lipinski definition) is 2. The molecular formula is C11H16FNO5. The van der Waals surface area contributed by atoms with E-state index in [2.05, 4.69) is 0 Å². The summed E-state index contributed by atoms with van der Waals surface area (Å²) in [6, 6.07) is 0. The summed E-state index contributed by atoms with van der Waals surface area (Å²) in [4.78, 5) is 23.0. The molecule has 102 valence electrons. The zero-order valence-electron chi connectivity index (χ0n) is 10.1. The zero-order valence-corrected chi connectivity index (χ0v) is 10.1. The van der Waals surface area contributed by atoms with Gasteiger partial charge in [-0.05, 0) is 13.0 Å². The molecule has 18 heavy (non-hydrogen) atoms. The number of nitrogens with zero attached hydrogens (tertiary/aromatic N) is 1. The Morgan fingerprint density at radius 1 is 1.44 bits per heavy atom. The Bertz CT molecular complexity index is 359. The van der Waals surface area contributed by atoms with E-state index >= 15 is 0 Å². The number of carbonyl (C=O) groups is 2. The van der Waals surface area contributed by atoms with Gasteiger partial charge in [-0.2, -0.15) is 0 Å². The number of ketones is 1. The highest BCUT2D eigenvalue weighted by molar-refractivity contribution is 5.87. The SMILES string of the molecule is CC(=O)/C=C\N(C(C)=O)[C@@H]1O[C@H](CO)C(O)[C@@H]1F. The van der Waals surface area contributed by atoms with E-state index in [1.807, 2.05) is 0 Å². The number of rotatable bonds is 4. The standard InChI is InChI=1S/C11H16FNO5/c1-6(15)3-4-13(7(2)16)11-9(12)10(17)8(5-14)18-11/h3-4,8-11,14,17H,5H2,1-2H3/b4-3-/t8-,9+,10?,11-/m1/s1. The van der Waals surface area contributed by atoms with Crippen LogP contribution in [0.1, 0.15) is 13.8 Å². The van der Waals surface area contributed by atoms with E-state index in [9.17, 15) is 19.1 Å². The Kier molecular flexibility index (Phi) is 4.94. The highest BCUT2D eigenvalue weighted by Crippen LogP contribution is 2.26. The van der Waals surface area contributed by atoms with Crippen LogP contribution in [-0.4, -0.2) is 58.0 Å². The Hall–Kier alpha value is -1.31. The maximum absolute atomic E-state index is 13.8. The van der Waals surface area contributed by atoms with Crippen molar-refractivity contribution in [2.24, 2.45) is 0 Å². The highest BCUT2D eigenvalue weighted by atomic mass is 19.1. The van der Waals surface area contributed by atoms with Gasteiger partial charge < -0.3 is 14.9 Å². The molecule has 0 aromatic carbocycles. The third kappa shape index (κ3) is 3.12. The average molecular weight is 261 g/mol. The second-order valence-electron chi connectivity index (χ2n) is 4.04.